The van der Waals surface area contributed by atoms with E-state index in [0.29, 0.717) is 0 Å². The Balaban J connectivity index is 1.66. The molecule has 106 valence electrons. The van der Waals surface area contributed by atoms with Gasteiger partial charge in [-0.15, -0.1) is 0 Å². The van der Waals surface area contributed by atoms with Crippen molar-refractivity contribution in [3.8, 4) is 0 Å². The van der Waals surface area contributed by atoms with Gasteiger partial charge in [-0.25, -0.2) is 0 Å². The van der Waals surface area contributed by atoms with Crippen LogP contribution in [0.25, 0.3) is 0 Å². The maximum atomic E-state index is 6.33. The Labute approximate surface area is 115 Å². The van der Waals surface area contributed by atoms with E-state index in [1.54, 1.807) is 6.26 Å². The molecule has 2 heterocycles. The van der Waals surface area contributed by atoms with Crippen LogP contribution in [0.4, 0.5) is 0 Å². The van der Waals surface area contributed by atoms with Gasteiger partial charge in [0.1, 0.15) is 5.76 Å². The van der Waals surface area contributed by atoms with E-state index in [4.69, 9.17) is 10.2 Å². The van der Waals surface area contributed by atoms with Crippen molar-refractivity contribution in [2.45, 2.75) is 44.3 Å². The van der Waals surface area contributed by atoms with Gasteiger partial charge in [0.25, 0.3) is 0 Å². The molecule has 4 heteroatoms. The second-order valence-corrected chi connectivity index (χ2v) is 5.84. The van der Waals surface area contributed by atoms with Crippen molar-refractivity contribution in [3.05, 3.63) is 24.2 Å². The van der Waals surface area contributed by atoms with Crippen molar-refractivity contribution in [2.75, 3.05) is 26.2 Å². The van der Waals surface area contributed by atoms with Crippen LogP contribution in [0.1, 0.15) is 38.0 Å². The normalized spacial score (nSPS) is 25.4. The van der Waals surface area contributed by atoms with E-state index in [1.807, 2.05) is 6.07 Å². The molecular weight excluding hydrogens is 238 g/mol. The van der Waals surface area contributed by atoms with Crippen LogP contribution in [0.5, 0.6) is 0 Å². The van der Waals surface area contributed by atoms with Gasteiger partial charge in [0, 0.05) is 38.3 Å². The molecule has 2 atom stereocenters. The molecule has 1 aromatic rings. The van der Waals surface area contributed by atoms with Crippen LogP contribution in [0, 0.1) is 0 Å². The molecule has 2 aliphatic rings. The van der Waals surface area contributed by atoms with Crippen LogP contribution < -0.4 is 5.73 Å². The number of furan rings is 1. The van der Waals surface area contributed by atoms with Crippen molar-refractivity contribution < 1.29 is 4.42 Å². The first kappa shape index (κ1) is 13.2. The molecule has 4 nitrogen and oxygen atoms in total. The van der Waals surface area contributed by atoms with E-state index in [1.165, 1.54) is 25.9 Å². The van der Waals surface area contributed by atoms with E-state index < -0.39 is 0 Å². The highest BCUT2D eigenvalue weighted by molar-refractivity contribution is 5.08. The lowest BCUT2D eigenvalue weighted by Crippen LogP contribution is -2.51. The van der Waals surface area contributed by atoms with Crippen LogP contribution in [0.2, 0.25) is 0 Å². The molecule has 3 rings (SSSR count). The van der Waals surface area contributed by atoms with Crippen molar-refractivity contribution in [3.63, 3.8) is 0 Å². The summed E-state index contributed by atoms with van der Waals surface area (Å²) in [5.41, 5.74) is 6.33. The lowest BCUT2D eigenvalue weighted by molar-refractivity contribution is 0.0700. The van der Waals surface area contributed by atoms with Crippen LogP contribution in [0.15, 0.2) is 22.8 Å². The lowest BCUT2D eigenvalue weighted by Gasteiger charge is -2.40. The fraction of sp³-hybridized carbons (Fsp3) is 0.733. The molecule has 0 aromatic carbocycles. The summed E-state index contributed by atoms with van der Waals surface area (Å²) in [7, 11) is 0. The van der Waals surface area contributed by atoms with E-state index in [0.717, 1.165) is 31.3 Å². The van der Waals surface area contributed by atoms with Crippen molar-refractivity contribution in [2.24, 2.45) is 5.73 Å². The molecule has 0 bridgehead atoms. The van der Waals surface area contributed by atoms with Crippen molar-refractivity contribution in [1.82, 2.24) is 9.80 Å². The SMILES string of the molecule is CCC(N)C(c1ccco1)N1CCN(C2CC2)CC1. The minimum atomic E-state index is 0.152. The first-order valence-electron chi connectivity index (χ1n) is 7.56. The topological polar surface area (TPSA) is 45.6 Å². The molecule has 0 radical (unpaired) electrons. The molecule has 1 aromatic heterocycles. The zero-order chi connectivity index (χ0) is 13.2. The largest absolute Gasteiger partial charge is 0.468 e. The molecule has 19 heavy (non-hydrogen) atoms. The molecule has 2 fully saturated rings. The highest BCUT2D eigenvalue weighted by Crippen LogP contribution is 2.31. The predicted octanol–water partition coefficient (Wildman–Crippen LogP) is 1.84. The zero-order valence-corrected chi connectivity index (χ0v) is 11.8. The molecular formula is C15H25N3O. The summed E-state index contributed by atoms with van der Waals surface area (Å²) < 4.78 is 5.62. The van der Waals surface area contributed by atoms with Crippen molar-refractivity contribution >= 4 is 0 Å². The summed E-state index contributed by atoms with van der Waals surface area (Å²) >= 11 is 0. The Kier molecular flexibility index (Phi) is 3.91. The van der Waals surface area contributed by atoms with E-state index in [2.05, 4.69) is 22.8 Å². The monoisotopic (exact) mass is 263 g/mol. The Morgan fingerprint density at radius 2 is 2.05 bits per heavy atom. The molecule has 0 amide bonds. The third-order valence-corrected chi connectivity index (χ3v) is 4.52. The van der Waals surface area contributed by atoms with Crippen molar-refractivity contribution in [1.29, 1.82) is 0 Å². The summed E-state index contributed by atoms with van der Waals surface area (Å²) in [6, 6.07) is 5.29. The number of piperazine rings is 1. The maximum absolute atomic E-state index is 6.33. The fourth-order valence-electron chi connectivity index (χ4n) is 3.16. The minimum absolute atomic E-state index is 0.152. The summed E-state index contributed by atoms with van der Waals surface area (Å²) in [5, 5.41) is 0. The summed E-state index contributed by atoms with van der Waals surface area (Å²) in [6.07, 6.45) is 5.53. The standard InChI is InChI=1S/C15H25N3O/c1-2-13(16)15(14-4-3-11-19-14)18-9-7-17(8-10-18)12-5-6-12/h3-4,11-13,15H,2,5-10,16H2,1H3. The number of rotatable bonds is 5. The predicted molar refractivity (Wildman–Crippen MR) is 75.9 cm³/mol. The highest BCUT2D eigenvalue weighted by Gasteiger charge is 2.35. The number of nitrogens with zero attached hydrogens (tertiary/aromatic N) is 2. The first-order valence-corrected chi connectivity index (χ1v) is 7.56. The highest BCUT2D eigenvalue weighted by atomic mass is 16.3. The lowest BCUT2D eigenvalue weighted by atomic mass is 10.0. The summed E-state index contributed by atoms with van der Waals surface area (Å²) in [6.45, 7) is 6.73. The van der Waals surface area contributed by atoms with Crippen LogP contribution in [-0.2, 0) is 0 Å². The van der Waals surface area contributed by atoms with Gasteiger partial charge in [-0.05, 0) is 31.4 Å². The molecule has 2 N–H and O–H groups in total. The fourth-order valence-corrected chi connectivity index (χ4v) is 3.16. The number of hydrogen-bond acceptors (Lipinski definition) is 4. The maximum Gasteiger partial charge on any atom is 0.122 e. The number of nitrogens with two attached hydrogens (primary N) is 1. The first-order chi connectivity index (χ1) is 9.29. The molecule has 1 saturated heterocycles. The Morgan fingerprint density at radius 1 is 1.32 bits per heavy atom. The van der Waals surface area contributed by atoms with Gasteiger partial charge < -0.3 is 10.2 Å². The second-order valence-electron chi connectivity index (χ2n) is 5.84. The number of hydrogen-bond donors (Lipinski definition) is 1. The third-order valence-electron chi connectivity index (χ3n) is 4.52. The molecule has 2 unspecified atom stereocenters. The van der Waals surface area contributed by atoms with Gasteiger partial charge in [0.05, 0.1) is 12.3 Å². The zero-order valence-electron chi connectivity index (χ0n) is 11.8. The Morgan fingerprint density at radius 3 is 2.58 bits per heavy atom. The van der Waals surface area contributed by atoms with Gasteiger partial charge >= 0.3 is 0 Å². The molecule has 0 spiro atoms. The average molecular weight is 263 g/mol. The quantitative estimate of drug-likeness (QED) is 0.880. The van der Waals surface area contributed by atoms with Crippen LogP contribution >= 0.6 is 0 Å². The summed E-state index contributed by atoms with van der Waals surface area (Å²) in [4.78, 5) is 5.14. The van der Waals surface area contributed by atoms with E-state index in [9.17, 15) is 0 Å². The minimum Gasteiger partial charge on any atom is -0.468 e. The van der Waals surface area contributed by atoms with Gasteiger partial charge in [-0.3, -0.25) is 9.80 Å². The Hall–Kier alpha value is -0.840. The smallest absolute Gasteiger partial charge is 0.122 e. The molecule has 1 aliphatic carbocycles. The third kappa shape index (κ3) is 2.86. The van der Waals surface area contributed by atoms with E-state index >= 15 is 0 Å². The molecule has 1 saturated carbocycles. The van der Waals surface area contributed by atoms with Gasteiger partial charge in [-0.1, -0.05) is 6.92 Å². The second kappa shape index (κ2) is 5.65. The molecule has 1 aliphatic heterocycles. The van der Waals surface area contributed by atoms with Gasteiger partial charge in [0.2, 0.25) is 0 Å². The van der Waals surface area contributed by atoms with Gasteiger partial charge in [-0.2, -0.15) is 0 Å². The van der Waals surface area contributed by atoms with E-state index in [-0.39, 0.29) is 12.1 Å². The van der Waals surface area contributed by atoms with Gasteiger partial charge in [0.15, 0.2) is 0 Å². The van der Waals surface area contributed by atoms with Crippen LogP contribution in [-0.4, -0.2) is 48.1 Å². The van der Waals surface area contributed by atoms with Crippen LogP contribution in [0.3, 0.4) is 0 Å². The average Bonchev–Trinajstić information content (AvgIpc) is 3.17. The summed E-state index contributed by atoms with van der Waals surface area (Å²) in [5.74, 6) is 1.02. The Bertz CT molecular complexity index is 380.